The summed E-state index contributed by atoms with van der Waals surface area (Å²) in [6.45, 7) is 1.28. The van der Waals surface area contributed by atoms with Crippen LogP contribution < -0.4 is 10.5 Å². The van der Waals surface area contributed by atoms with Crippen molar-refractivity contribution >= 4 is 28.4 Å². The second-order valence-corrected chi connectivity index (χ2v) is 4.44. The molecule has 16 heavy (non-hydrogen) atoms. The maximum atomic E-state index is 5.64. The van der Waals surface area contributed by atoms with Gasteiger partial charge >= 0.3 is 0 Å². The first kappa shape index (κ1) is 11.3. The summed E-state index contributed by atoms with van der Waals surface area (Å²) < 4.78 is 8.52. The van der Waals surface area contributed by atoms with Crippen molar-refractivity contribution in [1.82, 2.24) is 9.78 Å². The van der Waals surface area contributed by atoms with E-state index in [0.717, 1.165) is 9.32 Å². The fourth-order valence-corrected chi connectivity index (χ4v) is 1.86. The van der Waals surface area contributed by atoms with E-state index in [-0.39, 0.29) is 0 Å². The van der Waals surface area contributed by atoms with Gasteiger partial charge in [-0.2, -0.15) is 5.10 Å². The second-order valence-electron chi connectivity index (χ2n) is 3.28. The summed E-state index contributed by atoms with van der Waals surface area (Å²) in [7, 11) is 0. The molecule has 0 aliphatic heterocycles. The number of hydrogen-bond donors (Lipinski definition) is 1. The van der Waals surface area contributed by atoms with Crippen molar-refractivity contribution in [3.8, 4) is 5.75 Å². The van der Waals surface area contributed by atoms with E-state index in [9.17, 15) is 0 Å². The predicted octanol–water partition coefficient (Wildman–Crippen LogP) is 2.15. The first-order valence-electron chi connectivity index (χ1n) is 4.92. The van der Waals surface area contributed by atoms with Gasteiger partial charge in [-0.3, -0.25) is 4.68 Å². The maximum absolute atomic E-state index is 5.64. The van der Waals surface area contributed by atoms with E-state index in [2.05, 4.69) is 27.7 Å². The van der Waals surface area contributed by atoms with Gasteiger partial charge in [-0.1, -0.05) is 12.1 Å². The molecule has 0 atom stereocenters. The van der Waals surface area contributed by atoms with Gasteiger partial charge in [0.2, 0.25) is 0 Å². The number of nitrogens with zero attached hydrogens (tertiary/aromatic N) is 2. The molecule has 0 fully saturated rings. The molecule has 1 aromatic heterocycles. The van der Waals surface area contributed by atoms with Gasteiger partial charge in [0.25, 0.3) is 0 Å². The SMILES string of the molecule is Nc1ccn(CCOc2ccccc2I)n1. The molecule has 0 saturated carbocycles. The minimum atomic E-state index is 0.536. The molecule has 84 valence electrons. The molecule has 4 nitrogen and oxygen atoms in total. The van der Waals surface area contributed by atoms with Crippen molar-refractivity contribution in [3.05, 3.63) is 40.1 Å². The Hall–Kier alpha value is -1.24. The summed E-state index contributed by atoms with van der Waals surface area (Å²) in [6.07, 6.45) is 1.84. The monoisotopic (exact) mass is 329 g/mol. The zero-order valence-electron chi connectivity index (χ0n) is 8.64. The molecule has 0 saturated heterocycles. The number of benzene rings is 1. The highest BCUT2D eigenvalue weighted by Gasteiger charge is 1.99. The van der Waals surface area contributed by atoms with Crippen LogP contribution in [0.4, 0.5) is 5.82 Å². The van der Waals surface area contributed by atoms with Crippen molar-refractivity contribution in [3.63, 3.8) is 0 Å². The highest BCUT2D eigenvalue weighted by molar-refractivity contribution is 14.1. The number of rotatable bonds is 4. The minimum absolute atomic E-state index is 0.536. The number of aromatic nitrogens is 2. The molecule has 0 unspecified atom stereocenters. The molecule has 0 aliphatic carbocycles. The smallest absolute Gasteiger partial charge is 0.145 e. The molecule has 0 aliphatic rings. The first-order valence-corrected chi connectivity index (χ1v) is 6.00. The van der Waals surface area contributed by atoms with Gasteiger partial charge < -0.3 is 10.5 Å². The summed E-state index contributed by atoms with van der Waals surface area (Å²) in [5.41, 5.74) is 5.51. The Balaban J connectivity index is 1.87. The van der Waals surface area contributed by atoms with Crippen LogP contribution in [0.2, 0.25) is 0 Å². The molecule has 0 spiro atoms. The Morgan fingerprint density at radius 2 is 2.12 bits per heavy atom. The van der Waals surface area contributed by atoms with Crippen LogP contribution in [0.5, 0.6) is 5.75 Å². The lowest BCUT2D eigenvalue weighted by Gasteiger charge is -2.07. The van der Waals surface area contributed by atoms with Crippen molar-refractivity contribution in [2.45, 2.75) is 6.54 Å². The summed E-state index contributed by atoms with van der Waals surface area (Å²) in [4.78, 5) is 0. The van der Waals surface area contributed by atoms with Crippen LogP contribution in [0.1, 0.15) is 0 Å². The fourth-order valence-electron chi connectivity index (χ4n) is 1.31. The standard InChI is InChI=1S/C11H12IN3O/c12-9-3-1-2-4-10(9)16-8-7-15-6-5-11(13)14-15/h1-6H,7-8H2,(H2,13,14). The molecule has 2 N–H and O–H groups in total. The van der Waals surface area contributed by atoms with E-state index in [0.29, 0.717) is 19.0 Å². The summed E-state index contributed by atoms with van der Waals surface area (Å²) >= 11 is 2.25. The first-order chi connectivity index (χ1) is 7.75. The van der Waals surface area contributed by atoms with Crippen LogP contribution in [0, 0.1) is 3.57 Å². The molecular weight excluding hydrogens is 317 g/mol. The zero-order chi connectivity index (χ0) is 11.4. The van der Waals surface area contributed by atoms with Crippen LogP contribution in [-0.4, -0.2) is 16.4 Å². The molecule has 1 aromatic carbocycles. The largest absolute Gasteiger partial charge is 0.491 e. The van der Waals surface area contributed by atoms with E-state index in [1.807, 2.05) is 30.5 Å². The van der Waals surface area contributed by atoms with Crippen LogP contribution >= 0.6 is 22.6 Å². The average Bonchev–Trinajstić information content (AvgIpc) is 2.67. The van der Waals surface area contributed by atoms with Crippen molar-refractivity contribution in [1.29, 1.82) is 0 Å². The Morgan fingerprint density at radius 1 is 1.31 bits per heavy atom. The number of nitrogen functional groups attached to an aromatic ring is 1. The molecule has 1 heterocycles. The lowest BCUT2D eigenvalue weighted by molar-refractivity contribution is 0.289. The number of anilines is 1. The second kappa shape index (κ2) is 5.20. The Kier molecular flexibility index (Phi) is 3.66. The van der Waals surface area contributed by atoms with Crippen molar-refractivity contribution in [2.24, 2.45) is 0 Å². The number of ether oxygens (including phenoxy) is 1. The number of nitrogens with two attached hydrogens (primary N) is 1. The van der Waals surface area contributed by atoms with Crippen molar-refractivity contribution < 1.29 is 4.74 Å². The minimum Gasteiger partial charge on any atom is -0.491 e. The van der Waals surface area contributed by atoms with Crippen LogP contribution in [0.15, 0.2) is 36.5 Å². The Labute approximate surface area is 108 Å². The normalized spacial score (nSPS) is 10.3. The Morgan fingerprint density at radius 3 is 2.81 bits per heavy atom. The third kappa shape index (κ3) is 2.88. The average molecular weight is 329 g/mol. The predicted molar refractivity (Wildman–Crippen MR) is 71.3 cm³/mol. The highest BCUT2D eigenvalue weighted by Crippen LogP contribution is 2.19. The molecule has 0 bridgehead atoms. The highest BCUT2D eigenvalue weighted by atomic mass is 127. The van der Waals surface area contributed by atoms with Gasteiger partial charge in [0, 0.05) is 6.20 Å². The van der Waals surface area contributed by atoms with Gasteiger partial charge in [0.05, 0.1) is 10.1 Å². The molecular formula is C11H12IN3O. The van der Waals surface area contributed by atoms with E-state index in [1.165, 1.54) is 0 Å². The third-order valence-electron chi connectivity index (χ3n) is 2.08. The lowest BCUT2D eigenvalue weighted by Crippen LogP contribution is -2.09. The van der Waals surface area contributed by atoms with Crippen molar-refractivity contribution in [2.75, 3.05) is 12.3 Å². The topological polar surface area (TPSA) is 53.1 Å². The van der Waals surface area contributed by atoms with Gasteiger partial charge in [-0.25, -0.2) is 0 Å². The van der Waals surface area contributed by atoms with Crippen LogP contribution in [-0.2, 0) is 6.54 Å². The van der Waals surface area contributed by atoms with Gasteiger partial charge in [-0.15, -0.1) is 0 Å². The maximum Gasteiger partial charge on any atom is 0.145 e. The van der Waals surface area contributed by atoms with Gasteiger partial charge in [0.15, 0.2) is 0 Å². The summed E-state index contributed by atoms with van der Waals surface area (Å²) in [5.74, 6) is 1.44. The quantitative estimate of drug-likeness (QED) is 0.875. The third-order valence-corrected chi connectivity index (χ3v) is 2.97. The molecule has 2 aromatic rings. The molecule has 0 radical (unpaired) electrons. The van der Waals surface area contributed by atoms with Gasteiger partial charge in [-0.05, 0) is 40.8 Å². The molecule has 5 heteroatoms. The van der Waals surface area contributed by atoms with Crippen LogP contribution in [0.3, 0.4) is 0 Å². The number of hydrogen-bond acceptors (Lipinski definition) is 3. The molecule has 0 amide bonds. The summed E-state index contributed by atoms with van der Waals surface area (Å²) in [6, 6.07) is 9.69. The fraction of sp³-hybridized carbons (Fsp3) is 0.182. The van der Waals surface area contributed by atoms with E-state index in [4.69, 9.17) is 10.5 Å². The molecule has 2 rings (SSSR count). The number of halogens is 1. The zero-order valence-corrected chi connectivity index (χ0v) is 10.8. The number of para-hydroxylation sites is 1. The van der Waals surface area contributed by atoms with E-state index in [1.54, 1.807) is 10.7 Å². The van der Waals surface area contributed by atoms with E-state index < -0.39 is 0 Å². The van der Waals surface area contributed by atoms with Crippen LogP contribution in [0.25, 0.3) is 0 Å². The summed E-state index contributed by atoms with van der Waals surface area (Å²) in [5, 5.41) is 4.08. The lowest BCUT2D eigenvalue weighted by atomic mass is 10.3. The van der Waals surface area contributed by atoms with Gasteiger partial charge in [0.1, 0.15) is 18.2 Å². The Bertz CT molecular complexity index is 470. The van der Waals surface area contributed by atoms with E-state index >= 15 is 0 Å².